The summed E-state index contributed by atoms with van der Waals surface area (Å²) in [5.74, 6) is 0.338. The van der Waals surface area contributed by atoms with Crippen molar-refractivity contribution in [3.63, 3.8) is 0 Å². The number of phenolic OH excluding ortho intramolecular Hbond substituents is 1. The number of nitrogens with one attached hydrogen (secondary N) is 2. The summed E-state index contributed by atoms with van der Waals surface area (Å²) in [6, 6.07) is 7.75. The van der Waals surface area contributed by atoms with Gasteiger partial charge < -0.3 is 15.7 Å². The number of piperazine rings is 1. The Morgan fingerprint density at radius 1 is 1.29 bits per heavy atom. The molecule has 0 saturated carbocycles. The minimum absolute atomic E-state index is 0. The van der Waals surface area contributed by atoms with Gasteiger partial charge in [0.1, 0.15) is 5.75 Å². The van der Waals surface area contributed by atoms with Crippen LogP contribution >= 0.6 is 12.4 Å². The van der Waals surface area contributed by atoms with Crippen molar-refractivity contribution in [1.82, 2.24) is 10.6 Å². The number of hydrogen-bond acceptors (Lipinski definition) is 3. The first-order valence-electron chi connectivity index (χ1n) is 4.59. The Kier molecular flexibility index (Phi) is 4.20. The van der Waals surface area contributed by atoms with E-state index in [1.165, 1.54) is 0 Å². The average molecular weight is 215 g/mol. The van der Waals surface area contributed by atoms with E-state index in [0.29, 0.717) is 11.8 Å². The Morgan fingerprint density at radius 3 is 2.79 bits per heavy atom. The molecule has 1 heterocycles. The van der Waals surface area contributed by atoms with Crippen LogP contribution in [-0.4, -0.2) is 24.7 Å². The second kappa shape index (κ2) is 5.20. The molecule has 0 unspecified atom stereocenters. The Bertz CT molecular complexity index is 287. The molecule has 0 aliphatic carbocycles. The molecule has 1 saturated heterocycles. The molecular formula is C10H15ClN2O. The molecular weight excluding hydrogens is 200 g/mol. The highest BCUT2D eigenvalue weighted by atomic mass is 35.5. The summed E-state index contributed by atoms with van der Waals surface area (Å²) in [7, 11) is 0. The van der Waals surface area contributed by atoms with Crippen LogP contribution in [0.1, 0.15) is 11.6 Å². The van der Waals surface area contributed by atoms with E-state index in [2.05, 4.69) is 10.6 Å². The van der Waals surface area contributed by atoms with Gasteiger partial charge in [-0.1, -0.05) is 12.1 Å². The van der Waals surface area contributed by atoms with E-state index < -0.39 is 0 Å². The zero-order valence-electron chi connectivity index (χ0n) is 7.86. The van der Waals surface area contributed by atoms with E-state index in [1.54, 1.807) is 6.07 Å². The van der Waals surface area contributed by atoms with Crippen LogP contribution in [0.5, 0.6) is 5.75 Å². The van der Waals surface area contributed by atoms with Crippen molar-refractivity contribution in [1.29, 1.82) is 0 Å². The van der Waals surface area contributed by atoms with Crippen LogP contribution in [0.25, 0.3) is 0 Å². The summed E-state index contributed by atoms with van der Waals surface area (Å²) in [6.07, 6.45) is 0. The van der Waals surface area contributed by atoms with E-state index in [0.717, 1.165) is 25.2 Å². The molecule has 3 N–H and O–H groups in total. The fourth-order valence-electron chi connectivity index (χ4n) is 1.63. The van der Waals surface area contributed by atoms with Crippen LogP contribution in [0.3, 0.4) is 0 Å². The molecule has 78 valence electrons. The van der Waals surface area contributed by atoms with Gasteiger partial charge in [-0.05, 0) is 17.7 Å². The fourth-order valence-corrected chi connectivity index (χ4v) is 1.63. The SMILES string of the molecule is Cl.Oc1cccc([C@H]2CNCCN2)c1. The van der Waals surface area contributed by atoms with E-state index in [9.17, 15) is 5.11 Å². The number of phenols is 1. The number of hydrogen-bond donors (Lipinski definition) is 3. The largest absolute Gasteiger partial charge is 0.508 e. The topological polar surface area (TPSA) is 44.3 Å². The smallest absolute Gasteiger partial charge is 0.115 e. The van der Waals surface area contributed by atoms with Gasteiger partial charge in [-0.25, -0.2) is 0 Å². The van der Waals surface area contributed by atoms with Crippen molar-refractivity contribution in [3.05, 3.63) is 29.8 Å². The summed E-state index contributed by atoms with van der Waals surface area (Å²) in [5, 5.41) is 16.0. The molecule has 1 aliphatic heterocycles. The van der Waals surface area contributed by atoms with E-state index in [-0.39, 0.29) is 12.4 Å². The highest BCUT2D eigenvalue weighted by Gasteiger charge is 2.13. The van der Waals surface area contributed by atoms with Gasteiger partial charge in [0.25, 0.3) is 0 Å². The average Bonchev–Trinajstić information content (AvgIpc) is 2.19. The number of benzene rings is 1. The van der Waals surface area contributed by atoms with Gasteiger partial charge >= 0.3 is 0 Å². The predicted octanol–water partition coefficient (Wildman–Crippen LogP) is 1.05. The molecule has 4 heteroatoms. The summed E-state index contributed by atoms with van der Waals surface area (Å²) in [5.41, 5.74) is 1.15. The first-order chi connectivity index (χ1) is 6.36. The molecule has 3 nitrogen and oxygen atoms in total. The van der Waals surface area contributed by atoms with Crippen molar-refractivity contribution in [2.75, 3.05) is 19.6 Å². The molecule has 1 aliphatic rings. The highest BCUT2D eigenvalue weighted by molar-refractivity contribution is 5.85. The van der Waals surface area contributed by atoms with Gasteiger partial charge in [0.15, 0.2) is 0 Å². The molecule has 0 spiro atoms. The number of aromatic hydroxyl groups is 1. The molecule has 0 bridgehead atoms. The molecule has 1 aromatic carbocycles. The van der Waals surface area contributed by atoms with Crippen LogP contribution in [-0.2, 0) is 0 Å². The van der Waals surface area contributed by atoms with E-state index >= 15 is 0 Å². The maximum atomic E-state index is 9.30. The first kappa shape index (κ1) is 11.3. The lowest BCUT2D eigenvalue weighted by Gasteiger charge is -2.24. The van der Waals surface area contributed by atoms with Crippen LogP contribution in [0, 0.1) is 0 Å². The fraction of sp³-hybridized carbons (Fsp3) is 0.400. The second-order valence-electron chi connectivity index (χ2n) is 3.31. The third-order valence-electron chi connectivity index (χ3n) is 2.31. The lowest BCUT2D eigenvalue weighted by molar-refractivity contribution is 0.426. The normalized spacial score (nSPS) is 21.3. The van der Waals surface area contributed by atoms with Crippen molar-refractivity contribution in [3.8, 4) is 5.75 Å². The summed E-state index contributed by atoms with van der Waals surface area (Å²) in [6.45, 7) is 2.94. The van der Waals surface area contributed by atoms with E-state index in [1.807, 2.05) is 18.2 Å². The molecule has 1 fully saturated rings. The van der Waals surface area contributed by atoms with E-state index in [4.69, 9.17) is 0 Å². The standard InChI is InChI=1S/C10H14N2O.ClH/c13-9-3-1-2-8(6-9)10-7-11-4-5-12-10;/h1-3,6,10-13H,4-5,7H2;1H/t10-;/m1./s1. The van der Waals surface area contributed by atoms with Crippen molar-refractivity contribution >= 4 is 12.4 Å². The quantitative estimate of drug-likeness (QED) is 0.655. The molecule has 2 rings (SSSR count). The van der Waals surface area contributed by atoms with Crippen LogP contribution in [0.4, 0.5) is 0 Å². The van der Waals surface area contributed by atoms with Crippen molar-refractivity contribution in [2.24, 2.45) is 0 Å². The summed E-state index contributed by atoms with van der Waals surface area (Å²) in [4.78, 5) is 0. The minimum Gasteiger partial charge on any atom is -0.508 e. The lowest BCUT2D eigenvalue weighted by atomic mass is 10.1. The van der Waals surface area contributed by atoms with Crippen molar-refractivity contribution in [2.45, 2.75) is 6.04 Å². The molecule has 0 radical (unpaired) electrons. The van der Waals surface area contributed by atoms with Crippen LogP contribution < -0.4 is 10.6 Å². The maximum absolute atomic E-state index is 9.30. The summed E-state index contributed by atoms with van der Waals surface area (Å²) >= 11 is 0. The summed E-state index contributed by atoms with van der Waals surface area (Å²) < 4.78 is 0. The molecule has 1 aromatic rings. The molecule has 14 heavy (non-hydrogen) atoms. The molecule has 1 atom stereocenters. The van der Waals surface area contributed by atoms with Crippen LogP contribution in [0.2, 0.25) is 0 Å². The zero-order valence-corrected chi connectivity index (χ0v) is 8.68. The Morgan fingerprint density at radius 2 is 2.14 bits per heavy atom. The van der Waals surface area contributed by atoms with Gasteiger partial charge in [-0.15, -0.1) is 12.4 Å². The lowest BCUT2D eigenvalue weighted by Crippen LogP contribution is -2.42. The van der Waals surface area contributed by atoms with Gasteiger partial charge in [-0.2, -0.15) is 0 Å². The first-order valence-corrected chi connectivity index (χ1v) is 4.59. The Balaban J connectivity index is 0.000000980. The third kappa shape index (κ3) is 2.61. The number of rotatable bonds is 1. The second-order valence-corrected chi connectivity index (χ2v) is 3.31. The minimum atomic E-state index is 0. The number of halogens is 1. The Hall–Kier alpha value is -0.770. The maximum Gasteiger partial charge on any atom is 0.115 e. The Labute approximate surface area is 89.9 Å². The monoisotopic (exact) mass is 214 g/mol. The third-order valence-corrected chi connectivity index (χ3v) is 2.31. The highest BCUT2D eigenvalue weighted by Crippen LogP contribution is 2.18. The molecule has 0 amide bonds. The zero-order chi connectivity index (χ0) is 9.10. The predicted molar refractivity (Wildman–Crippen MR) is 59.0 cm³/mol. The van der Waals surface area contributed by atoms with Crippen molar-refractivity contribution < 1.29 is 5.11 Å². The van der Waals surface area contributed by atoms with Gasteiger partial charge in [-0.3, -0.25) is 0 Å². The van der Waals surface area contributed by atoms with Crippen LogP contribution in [0.15, 0.2) is 24.3 Å². The van der Waals surface area contributed by atoms with Gasteiger partial charge in [0.2, 0.25) is 0 Å². The van der Waals surface area contributed by atoms with Gasteiger partial charge in [0.05, 0.1) is 0 Å². The molecule has 0 aromatic heterocycles. The van der Waals surface area contributed by atoms with Gasteiger partial charge in [0, 0.05) is 25.7 Å².